The molecule has 1 aromatic carbocycles. The van der Waals surface area contributed by atoms with Crippen LogP contribution in [0.4, 0.5) is 15.3 Å². The van der Waals surface area contributed by atoms with Gasteiger partial charge in [0.25, 0.3) is 0 Å². The fourth-order valence-electron chi connectivity index (χ4n) is 1.71. The lowest BCUT2D eigenvalue weighted by molar-refractivity contribution is 0.115. The lowest BCUT2D eigenvalue weighted by Gasteiger charge is -2.10. The number of nitrogens with one attached hydrogen (secondary N) is 3. The zero-order valence-corrected chi connectivity index (χ0v) is 13.4. The molecule has 0 aliphatic heterocycles. The number of hydrogen-bond donors (Lipinski definition) is 3. The molecule has 0 spiro atoms. The van der Waals surface area contributed by atoms with Crippen LogP contribution >= 0.6 is 0 Å². The van der Waals surface area contributed by atoms with Crippen molar-refractivity contribution >= 4 is 17.8 Å². The summed E-state index contributed by atoms with van der Waals surface area (Å²) in [5.41, 5.74) is 1.91. The van der Waals surface area contributed by atoms with E-state index in [1.807, 2.05) is 31.2 Å². The van der Waals surface area contributed by atoms with Crippen molar-refractivity contribution in [3.8, 4) is 0 Å². The summed E-state index contributed by atoms with van der Waals surface area (Å²) in [4.78, 5) is 22.9. The molecule has 0 radical (unpaired) electrons. The Morgan fingerprint density at radius 3 is 2.23 bits per heavy atom. The van der Waals surface area contributed by atoms with Crippen molar-refractivity contribution in [3.05, 3.63) is 29.8 Å². The SMILES string of the molecule is Cc1ccc(NC(=O)NCCCCNC(=O)OC(C)C)cc1. The molecule has 3 amide bonds. The van der Waals surface area contributed by atoms with Gasteiger partial charge in [0.15, 0.2) is 0 Å². The molecule has 0 unspecified atom stereocenters. The monoisotopic (exact) mass is 307 g/mol. The summed E-state index contributed by atoms with van der Waals surface area (Å²) in [7, 11) is 0. The van der Waals surface area contributed by atoms with Gasteiger partial charge >= 0.3 is 12.1 Å². The van der Waals surface area contributed by atoms with E-state index in [-0.39, 0.29) is 12.1 Å². The first-order valence-corrected chi connectivity index (χ1v) is 7.53. The minimum absolute atomic E-state index is 0.118. The zero-order valence-electron chi connectivity index (χ0n) is 13.4. The molecule has 1 rings (SSSR count). The number of unbranched alkanes of at least 4 members (excludes halogenated alkanes) is 1. The van der Waals surface area contributed by atoms with Gasteiger partial charge in [-0.1, -0.05) is 17.7 Å². The van der Waals surface area contributed by atoms with Gasteiger partial charge in [0.05, 0.1) is 6.10 Å². The van der Waals surface area contributed by atoms with E-state index < -0.39 is 6.09 Å². The molecule has 1 aromatic rings. The Kier molecular flexibility index (Phi) is 7.81. The molecule has 0 aliphatic rings. The molecular weight excluding hydrogens is 282 g/mol. The van der Waals surface area contributed by atoms with Gasteiger partial charge in [0.2, 0.25) is 0 Å². The number of alkyl carbamates (subject to hydrolysis) is 1. The number of benzene rings is 1. The number of rotatable bonds is 7. The highest BCUT2D eigenvalue weighted by molar-refractivity contribution is 5.89. The highest BCUT2D eigenvalue weighted by Gasteiger charge is 2.03. The number of hydrogen-bond acceptors (Lipinski definition) is 3. The van der Waals surface area contributed by atoms with Gasteiger partial charge in [-0.3, -0.25) is 0 Å². The van der Waals surface area contributed by atoms with E-state index in [0.29, 0.717) is 13.1 Å². The van der Waals surface area contributed by atoms with Gasteiger partial charge in [0, 0.05) is 18.8 Å². The highest BCUT2D eigenvalue weighted by Crippen LogP contribution is 2.07. The van der Waals surface area contributed by atoms with Crippen LogP contribution < -0.4 is 16.0 Å². The summed E-state index contributed by atoms with van der Waals surface area (Å²) in [5, 5.41) is 8.19. The second-order valence-corrected chi connectivity index (χ2v) is 5.33. The van der Waals surface area contributed by atoms with Crippen molar-refractivity contribution in [3.63, 3.8) is 0 Å². The topological polar surface area (TPSA) is 79.5 Å². The van der Waals surface area contributed by atoms with Crippen molar-refractivity contribution in [2.24, 2.45) is 0 Å². The molecular formula is C16H25N3O3. The normalized spacial score (nSPS) is 10.2. The molecule has 6 nitrogen and oxygen atoms in total. The van der Waals surface area contributed by atoms with Crippen molar-refractivity contribution in [1.29, 1.82) is 0 Å². The van der Waals surface area contributed by atoms with Gasteiger partial charge in [-0.2, -0.15) is 0 Å². The second-order valence-electron chi connectivity index (χ2n) is 5.33. The van der Waals surface area contributed by atoms with Gasteiger partial charge in [0.1, 0.15) is 0 Å². The first kappa shape index (κ1) is 17.8. The quantitative estimate of drug-likeness (QED) is 0.677. The van der Waals surface area contributed by atoms with Crippen LogP contribution in [0.25, 0.3) is 0 Å². The van der Waals surface area contributed by atoms with Crippen LogP contribution in [0, 0.1) is 6.92 Å². The summed E-state index contributed by atoms with van der Waals surface area (Å²) in [5.74, 6) is 0. The van der Waals surface area contributed by atoms with E-state index >= 15 is 0 Å². The Morgan fingerprint density at radius 1 is 1.05 bits per heavy atom. The highest BCUT2D eigenvalue weighted by atomic mass is 16.6. The van der Waals surface area contributed by atoms with Crippen molar-refractivity contribution < 1.29 is 14.3 Å². The van der Waals surface area contributed by atoms with E-state index in [0.717, 1.165) is 24.1 Å². The summed E-state index contributed by atoms with van der Waals surface area (Å²) in [6, 6.07) is 7.38. The lowest BCUT2D eigenvalue weighted by atomic mass is 10.2. The average Bonchev–Trinajstić information content (AvgIpc) is 2.44. The minimum atomic E-state index is -0.403. The third-order valence-electron chi connectivity index (χ3n) is 2.81. The fraction of sp³-hybridized carbons (Fsp3) is 0.500. The summed E-state index contributed by atoms with van der Waals surface area (Å²) in [6.45, 7) is 6.69. The molecule has 0 aliphatic carbocycles. The second kappa shape index (κ2) is 9.65. The Balaban J connectivity index is 2.05. The molecule has 0 saturated heterocycles. The third-order valence-corrected chi connectivity index (χ3v) is 2.81. The molecule has 0 bridgehead atoms. The van der Waals surface area contributed by atoms with Crippen molar-refractivity contribution in [1.82, 2.24) is 10.6 Å². The first-order valence-electron chi connectivity index (χ1n) is 7.53. The van der Waals surface area contributed by atoms with E-state index in [1.54, 1.807) is 13.8 Å². The smallest absolute Gasteiger partial charge is 0.407 e. The molecule has 0 heterocycles. The Labute approximate surface area is 131 Å². The number of urea groups is 1. The van der Waals surface area contributed by atoms with Crippen molar-refractivity contribution in [2.75, 3.05) is 18.4 Å². The number of carbonyl (C=O) groups excluding carboxylic acids is 2. The summed E-state index contributed by atoms with van der Waals surface area (Å²) >= 11 is 0. The molecule has 3 N–H and O–H groups in total. The van der Waals surface area contributed by atoms with Crippen LogP contribution in [0.2, 0.25) is 0 Å². The molecule has 0 aromatic heterocycles. The van der Waals surface area contributed by atoms with Crippen LogP contribution in [-0.2, 0) is 4.74 Å². The molecule has 6 heteroatoms. The van der Waals surface area contributed by atoms with Gasteiger partial charge in [-0.25, -0.2) is 9.59 Å². The maximum Gasteiger partial charge on any atom is 0.407 e. The number of carbonyl (C=O) groups is 2. The van der Waals surface area contributed by atoms with Crippen LogP contribution in [-0.4, -0.2) is 31.3 Å². The van der Waals surface area contributed by atoms with Gasteiger partial charge < -0.3 is 20.7 Å². The molecule has 122 valence electrons. The Morgan fingerprint density at radius 2 is 1.64 bits per heavy atom. The average molecular weight is 307 g/mol. The fourth-order valence-corrected chi connectivity index (χ4v) is 1.71. The number of aryl methyl sites for hydroxylation is 1. The Hall–Kier alpha value is -2.24. The minimum Gasteiger partial charge on any atom is -0.447 e. The zero-order chi connectivity index (χ0) is 16.4. The van der Waals surface area contributed by atoms with Crippen LogP contribution in [0.3, 0.4) is 0 Å². The molecule has 0 saturated carbocycles. The standard InChI is InChI=1S/C16H25N3O3/c1-12(2)22-16(21)18-11-5-4-10-17-15(20)19-14-8-6-13(3)7-9-14/h6-9,12H,4-5,10-11H2,1-3H3,(H,18,21)(H2,17,19,20). The summed E-state index contributed by atoms with van der Waals surface area (Å²) in [6.07, 6.45) is 1.04. The van der Waals surface area contributed by atoms with Crippen LogP contribution in [0.15, 0.2) is 24.3 Å². The maximum absolute atomic E-state index is 11.6. The van der Waals surface area contributed by atoms with Crippen molar-refractivity contribution in [2.45, 2.75) is 39.7 Å². The van der Waals surface area contributed by atoms with Gasteiger partial charge in [-0.15, -0.1) is 0 Å². The molecule has 0 atom stereocenters. The predicted octanol–water partition coefficient (Wildman–Crippen LogP) is 3.03. The maximum atomic E-state index is 11.6. The number of anilines is 1. The lowest BCUT2D eigenvalue weighted by Crippen LogP contribution is -2.31. The molecule has 22 heavy (non-hydrogen) atoms. The first-order chi connectivity index (χ1) is 10.5. The number of ether oxygens (including phenoxy) is 1. The van der Waals surface area contributed by atoms with E-state index in [9.17, 15) is 9.59 Å². The van der Waals surface area contributed by atoms with Crippen LogP contribution in [0.1, 0.15) is 32.3 Å². The predicted molar refractivity (Wildman–Crippen MR) is 87.1 cm³/mol. The van der Waals surface area contributed by atoms with E-state index in [1.165, 1.54) is 0 Å². The van der Waals surface area contributed by atoms with Gasteiger partial charge in [-0.05, 0) is 45.7 Å². The summed E-state index contributed by atoms with van der Waals surface area (Å²) < 4.78 is 4.94. The van der Waals surface area contributed by atoms with E-state index in [4.69, 9.17) is 4.74 Å². The van der Waals surface area contributed by atoms with Crippen LogP contribution in [0.5, 0.6) is 0 Å². The largest absolute Gasteiger partial charge is 0.447 e. The molecule has 0 fully saturated rings. The third kappa shape index (κ3) is 8.14. The Bertz CT molecular complexity index is 472. The number of amides is 3. The van der Waals surface area contributed by atoms with E-state index in [2.05, 4.69) is 16.0 Å².